The first kappa shape index (κ1) is 67.3. The maximum absolute atomic E-state index is 15.1. The van der Waals surface area contributed by atoms with Gasteiger partial charge in [-0.05, 0) is 83.0 Å². The number of phosphoric ester groups is 1. The molecule has 82 heavy (non-hydrogen) atoms. The summed E-state index contributed by atoms with van der Waals surface area (Å²) in [6, 6.07) is -13.9. The molecule has 0 unspecified atom stereocenters. The normalized spacial score (nSPS) is 27.1. The predicted molar refractivity (Wildman–Crippen MR) is 282 cm³/mol. The van der Waals surface area contributed by atoms with Gasteiger partial charge >= 0.3 is 13.8 Å². The van der Waals surface area contributed by atoms with Crippen LogP contribution in [-0.4, -0.2) is 251 Å². The highest BCUT2D eigenvalue weighted by Crippen LogP contribution is 2.36. The molecule has 0 aromatic rings. The summed E-state index contributed by atoms with van der Waals surface area (Å²) >= 11 is 0. The van der Waals surface area contributed by atoms with Gasteiger partial charge in [0.15, 0.2) is 6.29 Å². The van der Waals surface area contributed by atoms with E-state index in [0.717, 1.165) is 11.8 Å². The van der Waals surface area contributed by atoms with Gasteiger partial charge in [-0.3, -0.25) is 47.7 Å². The Morgan fingerprint density at radius 3 is 1.63 bits per heavy atom. The number of hydrogen-bond acceptors (Lipinski definition) is 19. The van der Waals surface area contributed by atoms with Gasteiger partial charge in [0, 0.05) is 33.1 Å². The minimum Gasteiger partial charge on any atom is -0.480 e. The summed E-state index contributed by atoms with van der Waals surface area (Å²) in [5.74, 6) is -9.05. The number of aliphatic carboxylic acids is 1. The van der Waals surface area contributed by atoms with Crippen molar-refractivity contribution in [1.29, 1.82) is 0 Å². The lowest BCUT2D eigenvalue weighted by Gasteiger charge is -2.44. The Balaban J connectivity index is 1.38. The van der Waals surface area contributed by atoms with Crippen molar-refractivity contribution in [1.82, 2.24) is 46.2 Å². The second-order valence-corrected chi connectivity index (χ2v) is 23.6. The summed E-state index contributed by atoms with van der Waals surface area (Å²) in [6.45, 7) is 6.92. The topological polar surface area (TPSA) is 456 Å². The Hall–Kier alpha value is -5.47. The first-order valence-corrected chi connectivity index (χ1v) is 29.3. The van der Waals surface area contributed by atoms with E-state index in [1.807, 2.05) is 13.8 Å². The van der Waals surface area contributed by atoms with Gasteiger partial charge in [0.2, 0.25) is 53.2 Å². The molecule has 32 heteroatoms. The van der Waals surface area contributed by atoms with Crippen molar-refractivity contribution in [3.63, 3.8) is 0 Å². The Morgan fingerprint density at radius 1 is 0.646 bits per heavy atom. The molecule has 0 radical (unpaired) electrons. The number of carboxylic acid groups (broad SMARTS) is 1. The van der Waals surface area contributed by atoms with E-state index in [1.165, 1.54) is 21.6 Å². The fourth-order valence-electron chi connectivity index (χ4n) is 11.1. The number of amides is 9. The van der Waals surface area contributed by atoms with Crippen molar-refractivity contribution in [2.75, 3.05) is 46.0 Å². The van der Waals surface area contributed by atoms with Crippen LogP contribution in [0.2, 0.25) is 0 Å². The van der Waals surface area contributed by atoms with Gasteiger partial charge in [0.25, 0.3) is 0 Å². The highest BCUT2D eigenvalue weighted by Gasteiger charge is 2.50. The lowest BCUT2D eigenvalue weighted by molar-refractivity contribution is -0.281. The maximum Gasteiger partial charge on any atom is 0.469 e. The van der Waals surface area contributed by atoms with Crippen LogP contribution in [0.15, 0.2) is 0 Å². The quantitative estimate of drug-likeness (QED) is 0.0360. The van der Waals surface area contributed by atoms with E-state index in [-0.39, 0.29) is 83.0 Å². The van der Waals surface area contributed by atoms with Crippen molar-refractivity contribution in [2.24, 2.45) is 17.6 Å². The largest absolute Gasteiger partial charge is 0.480 e. The maximum atomic E-state index is 15.1. The van der Waals surface area contributed by atoms with Gasteiger partial charge < -0.3 is 96.7 Å². The fraction of sp³-hybridized carbons (Fsp3) is 0.800. The predicted octanol–water partition coefficient (Wildman–Crippen LogP) is -5.16. The third-order valence-electron chi connectivity index (χ3n) is 15.2. The summed E-state index contributed by atoms with van der Waals surface area (Å²) in [5.41, 5.74) is 6.27. The molecule has 5 saturated heterocycles. The minimum absolute atomic E-state index is 0.0225. The van der Waals surface area contributed by atoms with Gasteiger partial charge in [-0.1, -0.05) is 27.7 Å². The average Bonchev–Trinajstić information content (AvgIpc) is 4.43. The number of ether oxygens (including phenoxy) is 2. The summed E-state index contributed by atoms with van der Waals surface area (Å²) < 4.78 is 28.5. The minimum atomic E-state index is -5.29. The summed E-state index contributed by atoms with van der Waals surface area (Å²) in [4.78, 5) is 161. The number of nitrogens with two attached hydrogens (primary N) is 1. The van der Waals surface area contributed by atoms with Crippen LogP contribution in [0.5, 0.6) is 0 Å². The van der Waals surface area contributed by atoms with E-state index in [4.69, 9.17) is 15.2 Å². The first-order chi connectivity index (χ1) is 38.5. The van der Waals surface area contributed by atoms with E-state index in [9.17, 15) is 83.0 Å². The molecule has 5 rings (SSSR count). The van der Waals surface area contributed by atoms with Gasteiger partial charge in [-0.25, -0.2) is 9.36 Å². The van der Waals surface area contributed by atoms with Gasteiger partial charge in [-0.15, -0.1) is 0 Å². The second-order valence-electron chi connectivity index (χ2n) is 22.4. The number of aliphatic hydroxyl groups excluding tert-OH is 4. The van der Waals surface area contributed by atoms with Gasteiger partial charge in [0.05, 0.1) is 32.0 Å². The highest BCUT2D eigenvalue weighted by atomic mass is 31.2. The van der Waals surface area contributed by atoms with Crippen LogP contribution in [0.4, 0.5) is 0 Å². The molecule has 14 N–H and O–H groups in total. The van der Waals surface area contributed by atoms with Crippen molar-refractivity contribution in [3.05, 3.63) is 0 Å². The van der Waals surface area contributed by atoms with Crippen LogP contribution < -0.4 is 32.3 Å². The number of carbonyl (C=O) groups is 10. The monoisotopic (exact) mass is 1190 g/mol. The molecule has 15 atom stereocenters. The average molecular weight is 1190 g/mol. The molecule has 0 bridgehead atoms. The zero-order valence-corrected chi connectivity index (χ0v) is 47.9. The smallest absolute Gasteiger partial charge is 0.469 e. The molecule has 5 aliphatic rings. The van der Waals surface area contributed by atoms with Crippen LogP contribution in [0, 0.1) is 11.8 Å². The third-order valence-corrected chi connectivity index (χ3v) is 15.7. The molecule has 5 heterocycles. The second kappa shape index (κ2) is 29.9. The molecule has 5 aliphatic heterocycles. The van der Waals surface area contributed by atoms with Crippen LogP contribution in [0.3, 0.4) is 0 Å². The van der Waals surface area contributed by atoms with E-state index in [1.54, 1.807) is 13.8 Å². The Morgan fingerprint density at radius 2 is 1.13 bits per heavy atom. The molecule has 0 aromatic heterocycles. The molecule has 464 valence electrons. The first-order valence-electron chi connectivity index (χ1n) is 27.8. The molecular formula is C50H83N10O21P. The number of nitrogens with zero attached hydrogens (tertiary/aromatic N) is 4. The van der Waals surface area contributed by atoms with Crippen molar-refractivity contribution < 1.29 is 102 Å². The molecule has 0 aromatic carbocycles. The molecular weight excluding hydrogens is 1110 g/mol. The number of rotatable bonds is 26. The Labute approximate surface area is 474 Å². The molecule has 31 nitrogen and oxygen atoms in total. The van der Waals surface area contributed by atoms with Crippen molar-refractivity contribution in [2.45, 2.75) is 197 Å². The Kier molecular flexibility index (Phi) is 24.5. The van der Waals surface area contributed by atoms with Crippen LogP contribution >= 0.6 is 7.82 Å². The van der Waals surface area contributed by atoms with E-state index < -0.39 is 178 Å². The van der Waals surface area contributed by atoms with Crippen LogP contribution in [-0.2, 0) is 66.5 Å². The number of carbonyl (C=O) groups excluding carboxylic acids is 9. The van der Waals surface area contributed by atoms with Crippen molar-refractivity contribution >= 4 is 67.0 Å². The molecule has 0 aliphatic carbocycles. The number of hydrogen-bond donors (Lipinski definition) is 13. The standard InChI is InChI=1S/C50H83N10O21P/c1-24(2)19-28(51)45(70)57-15-7-13-34(57)44(69)56-37(26(5)80-50-38(52-27(6)63)40(65)39(64)36(22-62)81-50)48(73)60-18-10-14-35(60)47(72)59-17-9-12-33(59)42(67)53-29(20-25(3)4)41(66)55-31(23-79-82(76,77)78)46(71)58-16-8-11-32(58)43(68)54-30(21-61)49(74)75/h24-26,28-40,50,61-62,64-65H,7-23,51H2,1-6H3,(H,52,63)(H,53,67)(H,54,68)(H,55,66)(H,56,69)(H,74,75)(H2,76,77,78)/t26-,28+,29+,30+,31+,32+,33+,34+,35+,36-,37+,38-,39-,40-,50-/m1/s1. The molecule has 0 saturated carbocycles. The zero-order valence-electron chi connectivity index (χ0n) is 47.0. The van der Waals surface area contributed by atoms with E-state index in [2.05, 4.69) is 31.1 Å². The molecule has 9 amide bonds. The third kappa shape index (κ3) is 17.3. The number of carboxylic acids is 1. The lowest BCUT2D eigenvalue weighted by atomic mass is 9.96. The van der Waals surface area contributed by atoms with Crippen LogP contribution in [0.1, 0.15) is 106 Å². The van der Waals surface area contributed by atoms with Gasteiger partial charge in [0.1, 0.15) is 72.7 Å². The highest BCUT2D eigenvalue weighted by molar-refractivity contribution is 7.46. The molecule has 5 fully saturated rings. The van der Waals surface area contributed by atoms with Gasteiger partial charge in [-0.2, -0.15) is 0 Å². The molecule has 0 spiro atoms. The summed E-state index contributed by atoms with van der Waals surface area (Å²) in [6.07, 6.45) is -6.01. The number of likely N-dealkylation sites (tertiary alicyclic amines) is 4. The summed E-state index contributed by atoms with van der Waals surface area (Å²) in [7, 11) is -5.29. The Bertz CT molecular complexity index is 2370. The summed E-state index contributed by atoms with van der Waals surface area (Å²) in [5, 5.41) is 62.9. The zero-order chi connectivity index (χ0) is 61.1. The van der Waals surface area contributed by atoms with Crippen molar-refractivity contribution in [3.8, 4) is 0 Å². The number of nitrogens with one attached hydrogen (secondary N) is 5. The van der Waals surface area contributed by atoms with E-state index in [0.29, 0.717) is 19.3 Å². The number of phosphoric acid groups is 1. The lowest BCUT2D eigenvalue weighted by Crippen LogP contribution is -2.66. The van der Waals surface area contributed by atoms with Crippen LogP contribution in [0.25, 0.3) is 0 Å². The number of aliphatic hydroxyl groups is 4. The SMILES string of the molecule is CC(=O)N[C@H]1[C@H](O[C@H](C)[C@H](NC(=O)[C@@H]2CCCN2C(=O)[C@@H](N)CC(C)C)C(=O)N2CCC[C@H]2C(=O)N2CCC[C@H]2C(=O)N[C@@H](CC(C)C)C(=O)N[C@@H](COP(=O)(O)O)C(=O)N2CCC[C@H]2C(=O)N[C@@H](CO)C(=O)O)O[C@H](CO)[C@@H](O)[C@@H]1O. The van der Waals surface area contributed by atoms with E-state index >= 15 is 4.79 Å². The fourth-order valence-corrected chi connectivity index (χ4v) is 11.5.